The maximum Gasteiger partial charge on any atom is 0.417 e. The van der Waals surface area contributed by atoms with E-state index in [9.17, 15) is 22.8 Å². The Kier molecular flexibility index (Phi) is 6.91. The highest BCUT2D eigenvalue weighted by Gasteiger charge is 2.45. The first-order valence-electron chi connectivity index (χ1n) is 11.8. The predicted molar refractivity (Wildman–Crippen MR) is 120 cm³/mol. The molecular formula is C24H30F3N5O2. The number of amides is 3. The standard InChI is InChI=1S/C24H30F3N5O2/c1-29-22(33)20-15-32(23(34)31-8-2-3-9-31)14-19(20)16-6-10-30(11-7-16)18-5-4-17(13-28)21(12-18)24(25,26)27/h4-5,12,16,19-20H,2-3,6-11,14-15H2,1H3,(H,29,33)/t19-,20+/m0/s1. The lowest BCUT2D eigenvalue weighted by atomic mass is 9.78. The van der Waals surface area contributed by atoms with Crippen LogP contribution in [0.3, 0.4) is 0 Å². The van der Waals surface area contributed by atoms with E-state index in [1.807, 2.05) is 9.80 Å². The second-order valence-corrected chi connectivity index (χ2v) is 9.43. The molecule has 34 heavy (non-hydrogen) atoms. The highest BCUT2D eigenvalue weighted by molar-refractivity contribution is 5.82. The van der Waals surface area contributed by atoms with E-state index in [0.717, 1.165) is 44.8 Å². The Morgan fingerprint density at radius 1 is 1.06 bits per heavy atom. The van der Waals surface area contributed by atoms with Crippen LogP contribution in [0.5, 0.6) is 0 Å². The Bertz CT molecular complexity index is 962. The Morgan fingerprint density at radius 3 is 2.32 bits per heavy atom. The molecule has 1 aromatic carbocycles. The van der Waals surface area contributed by atoms with Crippen LogP contribution in [0.25, 0.3) is 0 Å². The second-order valence-electron chi connectivity index (χ2n) is 9.43. The van der Waals surface area contributed by atoms with Crippen molar-refractivity contribution < 1.29 is 22.8 Å². The first kappa shape index (κ1) is 24.2. The number of hydrogen-bond donors (Lipinski definition) is 1. The molecular weight excluding hydrogens is 447 g/mol. The molecule has 1 N–H and O–H groups in total. The van der Waals surface area contributed by atoms with Gasteiger partial charge in [0.05, 0.1) is 23.1 Å². The third kappa shape index (κ3) is 4.79. The number of rotatable bonds is 3. The number of piperidine rings is 1. The summed E-state index contributed by atoms with van der Waals surface area (Å²) >= 11 is 0. The molecule has 184 valence electrons. The number of nitrogens with one attached hydrogen (secondary N) is 1. The predicted octanol–water partition coefficient (Wildman–Crippen LogP) is 3.30. The largest absolute Gasteiger partial charge is 0.417 e. The molecule has 3 saturated heterocycles. The van der Waals surface area contributed by atoms with Crippen LogP contribution in [0.1, 0.15) is 36.8 Å². The summed E-state index contributed by atoms with van der Waals surface area (Å²) in [6, 6.07) is 5.47. The molecule has 3 amide bonds. The number of alkyl halides is 3. The van der Waals surface area contributed by atoms with Crippen molar-refractivity contribution in [3.63, 3.8) is 0 Å². The topological polar surface area (TPSA) is 79.7 Å². The third-order valence-electron chi connectivity index (χ3n) is 7.53. The summed E-state index contributed by atoms with van der Waals surface area (Å²) in [5.41, 5.74) is -0.848. The zero-order valence-corrected chi connectivity index (χ0v) is 19.3. The van der Waals surface area contributed by atoms with Crippen molar-refractivity contribution in [2.75, 3.05) is 51.2 Å². The SMILES string of the molecule is CNC(=O)[C@@H]1CN(C(=O)N2CCCC2)C[C@H]1C1CCN(c2ccc(C#N)c(C(F)(F)F)c2)CC1. The maximum atomic E-state index is 13.4. The van der Waals surface area contributed by atoms with Crippen molar-refractivity contribution in [2.45, 2.75) is 31.9 Å². The van der Waals surface area contributed by atoms with Crippen LogP contribution in [0.15, 0.2) is 18.2 Å². The summed E-state index contributed by atoms with van der Waals surface area (Å²) < 4.78 is 40.1. The van der Waals surface area contributed by atoms with E-state index >= 15 is 0 Å². The molecule has 0 aromatic heterocycles. The quantitative estimate of drug-likeness (QED) is 0.725. The van der Waals surface area contributed by atoms with E-state index in [1.165, 1.54) is 6.07 Å². The number of nitrogens with zero attached hydrogens (tertiary/aromatic N) is 4. The summed E-state index contributed by atoms with van der Waals surface area (Å²) in [7, 11) is 1.61. The molecule has 0 saturated carbocycles. The van der Waals surface area contributed by atoms with Gasteiger partial charge in [-0.15, -0.1) is 0 Å². The number of hydrogen-bond acceptors (Lipinski definition) is 4. The fraction of sp³-hybridized carbons (Fsp3) is 0.625. The lowest BCUT2D eigenvalue weighted by Crippen LogP contribution is -2.41. The number of carbonyl (C=O) groups excluding carboxylic acids is 2. The fourth-order valence-electron chi connectivity index (χ4n) is 5.68. The molecule has 1 aromatic rings. The zero-order chi connectivity index (χ0) is 24.5. The van der Waals surface area contributed by atoms with Crippen LogP contribution < -0.4 is 10.2 Å². The molecule has 10 heteroatoms. The Morgan fingerprint density at radius 2 is 1.74 bits per heavy atom. The first-order chi connectivity index (χ1) is 16.2. The summed E-state index contributed by atoms with van der Waals surface area (Å²) in [6.07, 6.45) is -1.12. The minimum absolute atomic E-state index is 0.00333. The third-order valence-corrected chi connectivity index (χ3v) is 7.53. The van der Waals surface area contributed by atoms with Crippen LogP contribution in [0, 0.1) is 29.1 Å². The van der Waals surface area contributed by atoms with Gasteiger partial charge in [-0.25, -0.2) is 4.79 Å². The number of nitriles is 1. The average Bonchev–Trinajstić information content (AvgIpc) is 3.53. The van der Waals surface area contributed by atoms with E-state index in [0.29, 0.717) is 31.9 Å². The van der Waals surface area contributed by atoms with Gasteiger partial charge in [-0.05, 0) is 55.7 Å². The molecule has 3 fully saturated rings. The lowest BCUT2D eigenvalue weighted by molar-refractivity contribution is -0.137. The van der Waals surface area contributed by atoms with Gasteiger partial charge in [-0.2, -0.15) is 18.4 Å². The van der Waals surface area contributed by atoms with Crippen molar-refractivity contribution in [2.24, 2.45) is 17.8 Å². The fourth-order valence-corrected chi connectivity index (χ4v) is 5.68. The van der Waals surface area contributed by atoms with Crippen LogP contribution in [-0.2, 0) is 11.0 Å². The summed E-state index contributed by atoms with van der Waals surface area (Å²) in [4.78, 5) is 31.1. The number of urea groups is 1. The van der Waals surface area contributed by atoms with Gasteiger partial charge in [0.25, 0.3) is 0 Å². The molecule has 3 heterocycles. The summed E-state index contributed by atoms with van der Waals surface area (Å²) in [6.45, 7) is 3.58. The number of carbonyl (C=O) groups is 2. The van der Waals surface area contributed by atoms with Crippen molar-refractivity contribution in [1.29, 1.82) is 5.26 Å². The number of likely N-dealkylation sites (tertiary alicyclic amines) is 2. The minimum atomic E-state index is -4.59. The van der Waals surface area contributed by atoms with Gasteiger partial charge in [0, 0.05) is 52.0 Å². The van der Waals surface area contributed by atoms with Crippen LogP contribution in [-0.4, -0.2) is 68.1 Å². The summed E-state index contributed by atoms with van der Waals surface area (Å²) in [5.74, 6) is -0.110. The molecule has 4 rings (SSSR count). The van der Waals surface area contributed by atoms with Gasteiger partial charge >= 0.3 is 12.2 Å². The van der Waals surface area contributed by atoms with Crippen molar-refractivity contribution in [1.82, 2.24) is 15.1 Å². The molecule has 3 aliphatic heterocycles. The Labute approximate surface area is 197 Å². The monoisotopic (exact) mass is 477 g/mol. The van der Waals surface area contributed by atoms with Crippen molar-refractivity contribution >= 4 is 17.6 Å². The molecule has 7 nitrogen and oxygen atoms in total. The maximum absolute atomic E-state index is 13.4. The molecule has 0 spiro atoms. The van der Waals surface area contributed by atoms with Crippen molar-refractivity contribution in [3.8, 4) is 6.07 Å². The van der Waals surface area contributed by atoms with E-state index in [2.05, 4.69) is 5.32 Å². The highest BCUT2D eigenvalue weighted by atomic mass is 19.4. The van der Waals surface area contributed by atoms with Crippen molar-refractivity contribution in [3.05, 3.63) is 29.3 Å². The lowest BCUT2D eigenvalue weighted by Gasteiger charge is -2.37. The Hall–Kier alpha value is -2.96. The molecule has 3 aliphatic rings. The first-order valence-corrected chi connectivity index (χ1v) is 11.8. The average molecular weight is 478 g/mol. The van der Waals surface area contributed by atoms with Gasteiger partial charge < -0.3 is 20.0 Å². The van der Waals surface area contributed by atoms with Gasteiger partial charge in [-0.1, -0.05) is 0 Å². The van der Waals surface area contributed by atoms with Crippen LogP contribution >= 0.6 is 0 Å². The number of benzene rings is 1. The number of anilines is 1. The molecule has 2 atom stereocenters. The normalized spacial score (nSPS) is 23.8. The van der Waals surface area contributed by atoms with Gasteiger partial charge in [0.2, 0.25) is 5.91 Å². The van der Waals surface area contributed by atoms with Gasteiger partial charge in [-0.3, -0.25) is 4.79 Å². The van der Waals surface area contributed by atoms with Gasteiger partial charge in [0.15, 0.2) is 0 Å². The molecule has 0 bridgehead atoms. The van der Waals surface area contributed by atoms with Crippen LogP contribution in [0.4, 0.5) is 23.7 Å². The Balaban J connectivity index is 1.44. The summed E-state index contributed by atoms with van der Waals surface area (Å²) in [5, 5.41) is 11.8. The van der Waals surface area contributed by atoms with E-state index in [4.69, 9.17) is 5.26 Å². The number of halogens is 3. The minimum Gasteiger partial charge on any atom is -0.372 e. The molecule has 0 radical (unpaired) electrons. The van der Waals surface area contributed by atoms with E-state index in [-0.39, 0.29) is 35.3 Å². The van der Waals surface area contributed by atoms with E-state index in [1.54, 1.807) is 24.1 Å². The van der Waals surface area contributed by atoms with E-state index < -0.39 is 11.7 Å². The van der Waals surface area contributed by atoms with Gasteiger partial charge in [0.1, 0.15) is 0 Å². The zero-order valence-electron chi connectivity index (χ0n) is 19.3. The van der Waals surface area contributed by atoms with Crippen LogP contribution in [0.2, 0.25) is 0 Å². The molecule has 0 aliphatic carbocycles. The second kappa shape index (κ2) is 9.72. The smallest absolute Gasteiger partial charge is 0.372 e. The molecule has 0 unspecified atom stereocenters. The highest BCUT2D eigenvalue weighted by Crippen LogP contribution is 2.39.